The maximum absolute atomic E-state index is 12.3. The van der Waals surface area contributed by atoms with Gasteiger partial charge in [-0.1, -0.05) is 5.21 Å². The van der Waals surface area contributed by atoms with Crippen LogP contribution in [0.15, 0.2) is 0 Å². The number of hydrogen-bond acceptors (Lipinski definition) is 5. The van der Waals surface area contributed by atoms with Crippen LogP contribution in [0.25, 0.3) is 0 Å². The molecule has 7 heteroatoms. The second kappa shape index (κ2) is 7.88. The number of nitrogens with one attached hydrogen (secondary N) is 2. The minimum absolute atomic E-state index is 0.0934. The highest BCUT2D eigenvalue weighted by molar-refractivity contribution is 5.93. The second-order valence-electron chi connectivity index (χ2n) is 6.61. The van der Waals surface area contributed by atoms with Crippen LogP contribution in [0.1, 0.15) is 54.3 Å². The Hall–Kier alpha value is -1.47. The Bertz CT molecular complexity index is 517. The van der Waals surface area contributed by atoms with Crippen LogP contribution in [0.3, 0.4) is 0 Å². The first-order valence-corrected chi connectivity index (χ1v) is 8.89. The maximum atomic E-state index is 12.3. The van der Waals surface area contributed by atoms with Gasteiger partial charge in [0, 0.05) is 6.54 Å². The van der Waals surface area contributed by atoms with Crippen LogP contribution in [0, 0.1) is 6.92 Å². The topological polar surface area (TPSA) is 75.1 Å². The molecule has 0 aromatic carbocycles. The van der Waals surface area contributed by atoms with Gasteiger partial charge in [0.15, 0.2) is 5.69 Å². The average molecular weight is 320 g/mol. The largest absolute Gasteiger partial charge is 0.351 e. The quantitative estimate of drug-likeness (QED) is 0.756. The van der Waals surface area contributed by atoms with Gasteiger partial charge < -0.3 is 15.5 Å². The molecule has 2 fully saturated rings. The second-order valence-corrected chi connectivity index (χ2v) is 6.61. The van der Waals surface area contributed by atoms with E-state index in [1.54, 1.807) is 0 Å². The Balaban J connectivity index is 1.48. The molecule has 0 unspecified atom stereocenters. The molecule has 1 aromatic rings. The summed E-state index contributed by atoms with van der Waals surface area (Å²) in [5.74, 6) is -0.0934. The highest BCUT2D eigenvalue weighted by Gasteiger charge is 2.22. The molecule has 1 aromatic heterocycles. The summed E-state index contributed by atoms with van der Waals surface area (Å²) in [4.78, 5) is 14.8. The Morgan fingerprint density at radius 3 is 2.78 bits per heavy atom. The number of likely N-dealkylation sites (tertiary alicyclic amines) is 1. The van der Waals surface area contributed by atoms with Crippen molar-refractivity contribution in [3.05, 3.63) is 11.4 Å². The monoisotopic (exact) mass is 320 g/mol. The van der Waals surface area contributed by atoms with Crippen molar-refractivity contribution in [1.29, 1.82) is 0 Å². The normalized spacial score (nSPS) is 20.0. The summed E-state index contributed by atoms with van der Waals surface area (Å²) in [6, 6.07) is 0.362. The molecule has 0 bridgehead atoms. The summed E-state index contributed by atoms with van der Waals surface area (Å²) in [5, 5.41) is 14.7. The third-order valence-corrected chi connectivity index (χ3v) is 4.93. The zero-order valence-electron chi connectivity index (χ0n) is 14.1. The third-order valence-electron chi connectivity index (χ3n) is 4.93. The molecule has 2 aliphatic rings. The molecule has 0 spiro atoms. The predicted molar refractivity (Wildman–Crippen MR) is 88.5 cm³/mol. The molecule has 1 amide bonds. The Morgan fingerprint density at radius 2 is 2.04 bits per heavy atom. The number of nitrogens with zero attached hydrogens (tertiary/aromatic N) is 4. The molecule has 0 aliphatic carbocycles. The standard InChI is InChI=1S/C16H28N6O/c1-13-15(19-20-22(13)14-5-8-17-9-6-14)16(23)18-7-4-12-21-10-2-3-11-21/h14,17H,2-12H2,1H3,(H,18,23). The minimum Gasteiger partial charge on any atom is -0.351 e. The van der Waals surface area contributed by atoms with Crippen molar-refractivity contribution in [3.63, 3.8) is 0 Å². The van der Waals surface area contributed by atoms with Gasteiger partial charge in [-0.05, 0) is 71.8 Å². The van der Waals surface area contributed by atoms with Crippen LogP contribution in [-0.4, -0.2) is 65.1 Å². The van der Waals surface area contributed by atoms with Gasteiger partial charge in [0.1, 0.15) is 0 Å². The zero-order chi connectivity index (χ0) is 16.1. The van der Waals surface area contributed by atoms with E-state index in [4.69, 9.17) is 0 Å². The predicted octanol–water partition coefficient (Wildman–Crippen LogP) is 0.727. The van der Waals surface area contributed by atoms with Crippen molar-refractivity contribution in [2.75, 3.05) is 39.3 Å². The number of carbonyl (C=O) groups is 1. The van der Waals surface area contributed by atoms with Crippen LogP contribution in [0.4, 0.5) is 0 Å². The third kappa shape index (κ3) is 4.09. The van der Waals surface area contributed by atoms with Crippen molar-refractivity contribution < 1.29 is 4.79 Å². The van der Waals surface area contributed by atoms with Gasteiger partial charge in [0.2, 0.25) is 0 Å². The van der Waals surface area contributed by atoms with E-state index < -0.39 is 0 Å². The van der Waals surface area contributed by atoms with Crippen molar-refractivity contribution in [2.24, 2.45) is 0 Å². The molecule has 128 valence electrons. The van der Waals surface area contributed by atoms with E-state index in [0.29, 0.717) is 18.3 Å². The van der Waals surface area contributed by atoms with E-state index >= 15 is 0 Å². The van der Waals surface area contributed by atoms with Gasteiger partial charge in [0.25, 0.3) is 5.91 Å². The first-order valence-electron chi connectivity index (χ1n) is 8.89. The molecule has 0 radical (unpaired) electrons. The minimum atomic E-state index is -0.0934. The Kier molecular flexibility index (Phi) is 5.61. The summed E-state index contributed by atoms with van der Waals surface area (Å²) in [5.41, 5.74) is 1.36. The fourth-order valence-corrected chi connectivity index (χ4v) is 3.54. The van der Waals surface area contributed by atoms with Crippen molar-refractivity contribution in [2.45, 2.75) is 45.1 Å². The lowest BCUT2D eigenvalue weighted by Gasteiger charge is -2.23. The van der Waals surface area contributed by atoms with E-state index in [9.17, 15) is 4.79 Å². The van der Waals surface area contributed by atoms with Crippen LogP contribution >= 0.6 is 0 Å². The zero-order valence-corrected chi connectivity index (χ0v) is 14.1. The lowest BCUT2D eigenvalue weighted by molar-refractivity contribution is 0.0946. The Morgan fingerprint density at radius 1 is 1.30 bits per heavy atom. The summed E-state index contributed by atoms with van der Waals surface area (Å²) in [6.07, 6.45) is 5.70. The molecule has 3 rings (SSSR count). The van der Waals surface area contributed by atoms with E-state index in [0.717, 1.165) is 44.6 Å². The highest BCUT2D eigenvalue weighted by Crippen LogP contribution is 2.20. The fraction of sp³-hybridized carbons (Fsp3) is 0.812. The molecule has 2 N–H and O–H groups in total. The van der Waals surface area contributed by atoms with Crippen LogP contribution in [-0.2, 0) is 0 Å². The average Bonchev–Trinajstić information content (AvgIpc) is 3.22. The number of amides is 1. The van der Waals surface area contributed by atoms with E-state index in [1.807, 2.05) is 11.6 Å². The lowest BCUT2D eigenvalue weighted by Crippen LogP contribution is -2.31. The number of carbonyl (C=O) groups excluding carboxylic acids is 1. The van der Waals surface area contributed by atoms with Crippen LogP contribution in [0.5, 0.6) is 0 Å². The summed E-state index contributed by atoms with van der Waals surface area (Å²) in [7, 11) is 0. The first kappa shape index (κ1) is 16.4. The molecular formula is C16H28N6O. The molecule has 23 heavy (non-hydrogen) atoms. The van der Waals surface area contributed by atoms with Crippen molar-refractivity contribution in [3.8, 4) is 0 Å². The van der Waals surface area contributed by atoms with Gasteiger partial charge in [-0.25, -0.2) is 4.68 Å². The van der Waals surface area contributed by atoms with Crippen molar-refractivity contribution >= 4 is 5.91 Å². The molecule has 2 saturated heterocycles. The highest BCUT2D eigenvalue weighted by atomic mass is 16.2. The van der Waals surface area contributed by atoms with Crippen molar-refractivity contribution in [1.82, 2.24) is 30.5 Å². The number of aromatic nitrogens is 3. The van der Waals surface area contributed by atoms with Crippen LogP contribution < -0.4 is 10.6 Å². The lowest BCUT2D eigenvalue weighted by atomic mass is 10.1. The van der Waals surface area contributed by atoms with E-state index in [2.05, 4.69) is 25.8 Å². The summed E-state index contributed by atoms with van der Waals surface area (Å²) >= 11 is 0. The smallest absolute Gasteiger partial charge is 0.273 e. The van der Waals surface area contributed by atoms with Gasteiger partial charge in [-0.3, -0.25) is 4.79 Å². The summed E-state index contributed by atoms with van der Waals surface area (Å²) in [6.45, 7) is 8.14. The molecule has 3 heterocycles. The Labute approximate surface area is 137 Å². The fourth-order valence-electron chi connectivity index (χ4n) is 3.54. The molecular weight excluding hydrogens is 292 g/mol. The first-order chi connectivity index (χ1) is 11.3. The number of piperidine rings is 1. The van der Waals surface area contributed by atoms with Crippen LogP contribution in [0.2, 0.25) is 0 Å². The van der Waals surface area contributed by atoms with E-state index in [1.165, 1.54) is 25.9 Å². The van der Waals surface area contributed by atoms with Gasteiger partial charge in [-0.15, -0.1) is 5.10 Å². The number of rotatable bonds is 6. The summed E-state index contributed by atoms with van der Waals surface area (Å²) < 4.78 is 1.93. The molecule has 0 saturated carbocycles. The molecule has 7 nitrogen and oxygen atoms in total. The van der Waals surface area contributed by atoms with E-state index in [-0.39, 0.29) is 5.91 Å². The number of hydrogen-bond donors (Lipinski definition) is 2. The van der Waals surface area contributed by atoms with Gasteiger partial charge >= 0.3 is 0 Å². The SMILES string of the molecule is Cc1c(C(=O)NCCCN2CCCC2)nnn1C1CCNCC1. The molecule has 0 atom stereocenters. The maximum Gasteiger partial charge on any atom is 0.273 e. The van der Waals surface area contributed by atoms with Gasteiger partial charge in [-0.2, -0.15) is 0 Å². The van der Waals surface area contributed by atoms with Gasteiger partial charge in [0.05, 0.1) is 11.7 Å². The molecule has 2 aliphatic heterocycles.